The van der Waals surface area contributed by atoms with Gasteiger partial charge >= 0.3 is 0 Å². The number of para-hydroxylation sites is 2. The smallest absolute Gasteiger partial charge is 0.292 e. The molecular formula is C12H16N2O6. The van der Waals surface area contributed by atoms with Crippen molar-refractivity contribution in [2.75, 3.05) is 5.32 Å². The molecule has 8 heteroatoms. The van der Waals surface area contributed by atoms with Crippen molar-refractivity contribution in [2.24, 2.45) is 0 Å². The fraction of sp³-hybridized carbons (Fsp3) is 0.500. The van der Waals surface area contributed by atoms with E-state index in [2.05, 4.69) is 5.32 Å². The Hall–Kier alpha value is -1.74. The lowest BCUT2D eigenvalue weighted by molar-refractivity contribution is -0.384. The summed E-state index contributed by atoms with van der Waals surface area (Å²) in [5, 5.41) is 42.7. The van der Waals surface area contributed by atoms with Crippen molar-refractivity contribution in [3.63, 3.8) is 0 Å². The van der Waals surface area contributed by atoms with Gasteiger partial charge < -0.3 is 25.4 Å². The maximum Gasteiger partial charge on any atom is 0.292 e. The zero-order valence-corrected chi connectivity index (χ0v) is 10.7. The number of ether oxygens (including phenoxy) is 1. The van der Waals surface area contributed by atoms with Crippen molar-refractivity contribution in [3.8, 4) is 0 Å². The minimum absolute atomic E-state index is 0.164. The number of benzene rings is 1. The van der Waals surface area contributed by atoms with Crippen molar-refractivity contribution in [1.82, 2.24) is 0 Å². The van der Waals surface area contributed by atoms with Gasteiger partial charge in [-0.15, -0.1) is 0 Å². The summed E-state index contributed by atoms with van der Waals surface area (Å²) in [5.41, 5.74) is -0.00564. The van der Waals surface area contributed by atoms with Crippen LogP contribution in [0.2, 0.25) is 0 Å². The molecule has 1 saturated heterocycles. The summed E-state index contributed by atoms with van der Waals surface area (Å²) >= 11 is 0. The van der Waals surface area contributed by atoms with E-state index >= 15 is 0 Å². The van der Waals surface area contributed by atoms with Crippen LogP contribution in [-0.4, -0.2) is 50.9 Å². The topological polar surface area (TPSA) is 125 Å². The average Bonchev–Trinajstić information content (AvgIpc) is 2.43. The Morgan fingerprint density at radius 3 is 2.50 bits per heavy atom. The summed E-state index contributed by atoms with van der Waals surface area (Å²) in [7, 11) is 0. The Bertz CT molecular complexity index is 497. The molecule has 0 radical (unpaired) electrons. The van der Waals surface area contributed by atoms with Crippen LogP contribution in [0, 0.1) is 10.1 Å². The lowest BCUT2D eigenvalue weighted by atomic mass is 9.99. The number of nitro groups is 1. The van der Waals surface area contributed by atoms with Crippen LogP contribution in [0.1, 0.15) is 6.92 Å². The number of aliphatic hydroxyl groups excluding tert-OH is 3. The first-order chi connectivity index (χ1) is 9.41. The van der Waals surface area contributed by atoms with Gasteiger partial charge in [0.1, 0.15) is 24.0 Å². The van der Waals surface area contributed by atoms with Crippen molar-refractivity contribution >= 4 is 11.4 Å². The van der Waals surface area contributed by atoms with Gasteiger partial charge in [0, 0.05) is 6.07 Å². The predicted molar refractivity (Wildman–Crippen MR) is 69.1 cm³/mol. The first-order valence-corrected chi connectivity index (χ1v) is 6.11. The van der Waals surface area contributed by atoms with Gasteiger partial charge in [-0.25, -0.2) is 0 Å². The standard InChI is InChI=1S/C12H16N2O6/c1-6-9(15)10(16)11(17)12(20-6)13-7-4-2-3-5-8(7)14(18)19/h2-6,9-13,15-17H,1H3/t6-,9-,10-,11-,12+/m0/s1. The number of anilines is 1. The maximum atomic E-state index is 10.9. The van der Waals surface area contributed by atoms with Crippen molar-refractivity contribution in [1.29, 1.82) is 0 Å². The average molecular weight is 284 g/mol. The molecule has 0 bridgehead atoms. The first-order valence-electron chi connectivity index (χ1n) is 6.11. The number of nitrogens with zero attached hydrogens (tertiary/aromatic N) is 1. The fourth-order valence-corrected chi connectivity index (χ4v) is 2.08. The zero-order chi connectivity index (χ0) is 14.9. The van der Waals surface area contributed by atoms with E-state index in [-0.39, 0.29) is 11.4 Å². The number of hydrogen-bond donors (Lipinski definition) is 4. The summed E-state index contributed by atoms with van der Waals surface area (Å²) in [6.45, 7) is 1.54. The first kappa shape index (κ1) is 14.7. The van der Waals surface area contributed by atoms with Crippen LogP contribution < -0.4 is 5.32 Å². The van der Waals surface area contributed by atoms with Gasteiger partial charge in [0.15, 0.2) is 6.23 Å². The van der Waals surface area contributed by atoms with Crippen LogP contribution in [0.5, 0.6) is 0 Å². The Morgan fingerprint density at radius 1 is 1.20 bits per heavy atom. The monoisotopic (exact) mass is 284 g/mol. The van der Waals surface area contributed by atoms with Gasteiger partial charge in [0.2, 0.25) is 0 Å². The van der Waals surface area contributed by atoms with Crippen molar-refractivity contribution < 1.29 is 25.0 Å². The summed E-state index contributed by atoms with van der Waals surface area (Å²) in [6.07, 6.45) is -5.77. The van der Waals surface area contributed by atoms with E-state index in [1.165, 1.54) is 25.1 Å². The molecule has 1 heterocycles. The highest BCUT2D eigenvalue weighted by molar-refractivity contribution is 5.61. The van der Waals surface area contributed by atoms with Crippen LogP contribution >= 0.6 is 0 Å². The normalized spacial score (nSPS) is 33.7. The van der Waals surface area contributed by atoms with Crippen LogP contribution in [0.3, 0.4) is 0 Å². The highest BCUT2D eigenvalue weighted by Gasteiger charge is 2.42. The van der Waals surface area contributed by atoms with E-state index in [0.29, 0.717) is 0 Å². The highest BCUT2D eigenvalue weighted by Crippen LogP contribution is 2.27. The molecule has 0 spiro atoms. The van der Waals surface area contributed by atoms with Gasteiger partial charge in [0.05, 0.1) is 11.0 Å². The molecule has 1 aliphatic rings. The Labute approximate surface area is 114 Å². The molecule has 1 fully saturated rings. The molecule has 5 atom stereocenters. The highest BCUT2D eigenvalue weighted by atomic mass is 16.6. The van der Waals surface area contributed by atoms with Gasteiger partial charge in [0.25, 0.3) is 5.69 Å². The van der Waals surface area contributed by atoms with Crippen LogP contribution in [-0.2, 0) is 4.74 Å². The summed E-state index contributed by atoms with van der Waals surface area (Å²) in [6, 6.07) is 5.89. The molecule has 110 valence electrons. The molecule has 0 unspecified atom stereocenters. The molecule has 0 aromatic heterocycles. The summed E-state index contributed by atoms with van der Waals surface area (Å²) in [5.74, 6) is 0. The lowest BCUT2D eigenvalue weighted by Crippen LogP contribution is -2.58. The Morgan fingerprint density at radius 2 is 1.85 bits per heavy atom. The third kappa shape index (κ3) is 2.73. The number of hydrogen-bond acceptors (Lipinski definition) is 7. The molecule has 2 rings (SSSR count). The molecule has 8 nitrogen and oxygen atoms in total. The molecule has 4 N–H and O–H groups in total. The molecule has 20 heavy (non-hydrogen) atoms. The second kappa shape index (κ2) is 5.71. The molecule has 0 aliphatic carbocycles. The second-order valence-electron chi connectivity index (χ2n) is 4.65. The van der Waals surface area contributed by atoms with Gasteiger partial charge in [-0.05, 0) is 13.0 Å². The minimum Gasteiger partial charge on any atom is -0.388 e. The number of rotatable bonds is 3. The quantitative estimate of drug-likeness (QED) is 0.448. The SMILES string of the molecule is C[C@@H]1O[C@@H](Nc2ccccc2[N+](=O)[O-])[C@@H](O)[C@@H](O)[C@H]1O. The zero-order valence-electron chi connectivity index (χ0n) is 10.7. The molecular weight excluding hydrogens is 268 g/mol. The molecule has 1 aromatic rings. The van der Waals surface area contributed by atoms with Gasteiger partial charge in [-0.1, -0.05) is 12.1 Å². The number of nitrogens with one attached hydrogen (secondary N) is 1. The van der Waals surface area contributed by atoms with E-state index in [0.717, 1.165) is 0 Å². The predicted octanol–water partition coefficient (Wildman–Crippen LogP) is -0.166. The molecule has 1 aliphatic heterocycles. The molecule has 0 amide bonds. The third-order valence-electron chi connectivity index (χ3n) is 3.25. The van der Waals surface area contributed by atoms with Gasteiger partial charge in [-0.3, -0.25) is 10.1 Å². The summed E-state index contributed by atoms with van der Waals surface area (Å²) < 4.78 is 5.33. The third-order valence-corrected chi connectivity index (χ3v) is 3.25. The second-order valence-corrected chi connectivity index (χ2v) is 4.65. The largest absolute Gasteiger partial charge is 0.388 e. The van der Waals surface area contributed by atoms with E-state index in [1.807, 2.05) is 0 Å². The number of aliphatic hydroxyl groups is 3. The number of nitro benzene ring substituents is 1. The molecule has 1 aromatic carbocycles. The molecule has 0 saturated carbocycles. The van der Waals surface area contributed by atoms with Gasteiger partial charge in [-0.2, -0.15) is 0 Å². The van der Waals surface area contributed by atoms with Crippen molar-refractivity contribution in [2.45, 2.75) is 37.6 Å². The Kier molecular flexibility index (Phi) is 4.19. The van der Waals surface area contributed by atoms with E-state index < -0.39 is 35.6 Å². The van der Waals surface area contributed by atoms with E-state index in [4.69, 9.17) is 4.74 Å². The van der Waals surface area contributed by atoms with Crippen molar-refractivity contribution in [3.05, 3.63) is 34.4 Å². The Balaban J connectivity index is 2.20. The minimum atomic E-state index is -1.40. The van der Waals surface area contributed by atoms with E-state index in [9.17, 15) is 25.4 Å². The lowest BCUT2D eigenvalue weighted by Gasteiger charge is -2.39. The van der Waals surface area contributed by atoms with Crippen LogP contribution in [0.25, 0.3) is 0 Å². The fourth-order valence-electron chi connectivity index (χ4n) is 2.08. The summed E-state index contributed by atoms with van der Waals surface area (Å²) in [4.78, 5) is 10.3. The van der Waals surface area contributed by atoms with Crippen LogP contribution in [0.15, 0.2) is 24.3 Å². The maximum absolute atomic E-state index is 10.9. The van der Waals surface area contributed by atoms with E-state index in [1.54, 1.807) is 6.07 Å². The van der Waals surface area contributed by atoms with Crippen LogP contribution in [0.4, 0.5) is 11.4 Å².